The van der Waals surface area contributed by atoms with Crippen LogP contribution in [0.4, 0.5) is 13.2 Å². The first kappa shape index (κ1) is 14.8. The molecule has 0 fully saturated rings. The van der Waals surface area contributed by atoms with Crippen molar-refractivity contribution in [3.8, 4) is 6.08 Å². The number of hydrogen-bond acceptors (Lipinski definition) is 4. The van der Waals surface area contributed by atoms with Crippen molar-refractivity contribution in [1.82, 2.24) is 10.3 Å². The fourth-order valence-corrected chi connectivity index (χ4v) is 1.26. The number of oxazole rings is 1. The van der Waals surface area contributed by atoms with Gasteiger partial charge >= 0.3 is 12.3 Å². The maximum atomic E-state index is 11.9. The van der Waals surface area contributed by atoms with Gasteiger partial charge in [0.25, 0.3) is 0 Å². The zero-order chi connectivity index (χ0) is 13.4. The van der Waals surface area contributed by atoms with Crippen LogP contribution in [0, 0.1) is 0 Å². The fraction of sp³-hybridized carbons (Fsp3) is 0.727. The molecule has 0 unspecified atom stereocenters. The molecule has 18 heavy (non-hydrogen) atoms. The van der Waals surface area contributed by atoms with Gasteiger partial charge in [0.1, 0.15) is 6.26 Å². The molecule has 0 amide bonds. The molecule has 0 bridgehead atoms. The number of rotatable bonds is 8. The van der Waals surface area contributed by atoms with Gasteiger partial charge in [-0.2, -0.15) is 18.2 Å². The lowest BCUT2D eigenvalue weighted by Crippen LogP contribution is -2.14. The summed E-state index contributed by atoms with van der Waals surface area (Å²) in [5.41, 5.74) is 0.675. The second kappa shape index (κ2) is 7.25. The van der Waals surface area contributed by atoms with Gasteiger partial charge in [0, 0.05) is 13.0 Å². The number of nitrogens with one attached hydrogen (secondary N) is 1. The highest BCUT2D eigenvalue weighted by molar-refractivity contribution is 4.99. The monoisotopic (exact) mass is 266 g/mol. The molecule has 0 aromatic carbocycles. The molecule has 0 atom stereocenters. The molecule has 0 saturated heterocycles. The van der Waals surface area contributed by atoms with Crippen LogP contribution in [0.1, 0.15) is 31.9 Å². The zero-order valence-corrected chi connectivity index (χ0v) is 10.2. The van der Waals surface area contributed by atoms with Crippen molar-refractivity contribution in [2.45, 2.75) is 38.9 Å². The molecule has 104 valence electrons. The van der Waals surface area contributed by atoms with E-state index in [-0.39, 0.29) is 19.1 Å². The van der Waals surface area contributed by atoms with Gasteiger partial charge in [-0.05, 0) is 19.4 Å². The number of alkyl halides is 3. The Morgan fingerprint density at radius 2 is 2.22 bits per heavy atom. The van der Waals surface area contributed by atoms with Gasteiger partial charge in [-0.15, -0.1) is 0 Å². The molecule has 0 radical (unpaired) electrons. The van der Waals surface area contributed by atoms with E-state index in [1.165, 1.54) is 6.26 Å². The Balaban J connectivity index is 2.19. The Labute approximate surface area is 104 Å². The number of hydrogen-bond donors (Lipinski definition) is 1. The van der Waals surface area contributed by atoms with E-state index in [0.717, 1.165) is 13.0 Å². The predicted octanol–water partition coefficient (Wildman–Crippen LogP) is 2.90. The van der Waals surface area contributed by atoms with Gasteiger partial charge in [0.05, 0.1) is 12.3 Å². The van der Waals surface area contributed by atoms with E-state index in [9.17, 15) is 13.2 Å². The molecule has 1 rings (SSSR count). The molecule has 0 aliphatic carbocycles. The summed E-state index contributed by atoms with van der Waals surface area (Å²) >= 11 is 0. The Bertz CT molecular complexity index is 339. The molecule has 7 heteroatoms. The third-order valence-corrected chi connectivity index (χ3v) is 2.09. The van der Waals surface area contributed by atoms with Crippen LogP contribution in [0.25, 0.3) is 0 Å². The molecule has 0 saturated carbocycles. The molecule has 1 heterocycles. The minimum absolute atomic E-state index is 0.0190. The van der Waals surface area contributed by atoms with Gasteiger partial charge in [0.2, 0.25) is 0 Å². The normalized spacial score (nSPS) is 11.8. The highest BCUT2D eigenvalue weighted by Crippen LogP contribution is 2.21. The summed E-state index contributed by atoms with van der Waals surface area (Å²) in [5.74, 6) is 0. The van der Waals surface area contributed by atoms with E-state index in [4.69, 9.17) is 9.15 Å². The molecule has 1 aromatic heterocycles. The Morgan fingerprint density at radius 1 is 1.44 bits per heavy atom. The molecule has 1 aromatic rings. The van der Waals surface area contributed by atoms with E-state index in [1.807, 2.05) is 6.92 Å². The molecular formula is C11H17F3N2O2. The van der Waals surface area contributed by atoms with Crippen LogP contribution >= 0.6 is 0 Å². The fourth-order valence-electron chi connectivity index (χ4n) is 1.26. The zero-order valence-electron chi connectivity index (χ0n) is 10.2. The van der Waals surface area contributed by atoms with E-state index in [2.05, 4.69) is 10.3 Å². The molecule has 0 aliphatic heterocycles. The van der Waals surface area contributed by atoms with Gasteiger partial charge in [-0.3, -0.25) is 0 Å². The average molecular weight is 266 g/mol. The Hall–Kier alpha value is -1.24. The van der Waals surface area contributed by atoms with Crippen molar-refractivity contribution in [3.63, 3.8) is 0 Å². The highest BCUT2D eigenvalue weighted by atomic mass is 19.4. The lowest BCUT2D eigenvalue weighted by molar-refractivity contribution is -0.136. The van der Waals surface area contributed by atoms with Gasteiger partial charge in [-0.25, -0.2) is 0 Å². The van der Waals surface area contributed by atoms with Gasteiger partial charge in [-0.1, -0.05) is 6.92 Å². The highest BCUT2D eigenvalue weighted by Gasteiger charge is 2.26. The van der Waals surface area contributed by atoms with Gasteiger partial charge < -0.3 is 14.5 Å². The summed E-state index contributed by atoms with van der Waals surface area (Å²) in [7, 11) is 0. The van der Waals surface area contributed by atoms with Crippen LogP contribution in [0.2, 0.25) is 0 Å². The van der Waals surface area contributed by atoms with E-state index < -0.39 is 12.6 Å². The smallest absolute Gasteiger partial charge is 0.393 e. The summed E-state index contributed by atoms with van der Waals surface area (Å²) in [4.78, 5) is 3.98. The number of ether oxygens (including phenoxy) is 1. The lowest BCUT2D eigenvalue weighted by Gasteiger charge is -2.05. The molecule has 0 aliphatic rings. The minimum atomic E-state index is -4.14. The quantitative estimate of drug-likeness (QED) is 0.735. The van der Waals surface area contributed by atoms with Crippen molar-refractivity contribution in [2.24, 2.45) is 0 Å². The molecule has 0 spiro atoms. The van der Waals surface area contributed by atoms with Crippen LogP contribution in [0.5, 0.6) is 6.08 Å². The van der Waals surface area contributed by atoms with Crippen molar-refractivity contribution in [1.29, 1.82) is 0 Å². The topological polar surface area (TPSA) is 47.3 Å². The van der Waals surface area contributed by atoms with Crippen LogP contribution < -0.4 is 10.1 Å². The standard InChI is InChI=1S/C11H17F3N2O2/c1-2-5-15-7-9-8-18-10(16-9)17-6-3-4-11(12,13)14/h8,15H,2-7H2,1H3. The molecular weight excluding hydrogens is 249 g/mol. The summed E-state index contributed by atoms with van der Waals surface area (Å²) in [6.45, 7) is 3.42. The van der Waals surface area contributed by atoms with E-state index in [1.54, 1.807) is 0 Å². The molecule has 4 nitrogen and oxygen atoms in total. The second-order valence-electron chi connectivity index (χ2n) is 3.85. The summed E-state index contributed by atoms with van der Waals surface area (Å²) in [6.07, 6.45) is -2.64. The van der Waals surface area contributed by atoms with Crippen LogP contribution in [-0.4, -0.2) is 24.3 Å². The SMILES string of the molecule is CCCNCc1coc(OCCCC(F)(F)F)n1. The first-order chi connectivity index (χ1) is 8.51. The third kappa shape index (κ3) is 6.48. The first-order valence-corrected chi connectivity index (χ1v) is 5.86. The van der Waals surface area contributed by atoms with Crippen molar-refractivity contribution in [2.75, 3.05) is 13.2 Å². The predicted molar refractivity (Wildman–Crippen MR) is 59.3 cm³/mol. The van der Waals surface area contributed by atoms with Gasteiger partial charge in [0.15, 0.2) is 0 Å². The summed E-state index contributed by atoms with van der Waals surface area (Å²) in [6, 6.07) is 0. The lowest BCUT2D eigenvalue weighted by atomic mass is 10.3. The van der Waals surface area contributed by atoms with E-state index in [0.29, 0.717) is 12.2 Å². The van der Waals surface area contributed by atoms with Crippen molar-refractivity contribution >= 4 is 0 Å². The Morgan fingerprint density at radius 3 is 2.89 bits per heavy atom. The summed E-state index contributed by atoms with van der Waals surface area (Å²) in [5, 5.41) is 3.13. The minimum Gasteiger partial charge on any atom is -0.450 e. The first-order valence-electron chi connectivity index (χ1n) is 5.86. The number of aromatic nitrogens is 1. The molecule has 1 N–H and O–H groups in total. The van der Waals surface area contributed by atoms with Crippen molar-refractivity contribution in [3.05, 3.63) is 12.0 Å². The van der Waals surface area contributed by atoms with Crippen molar-refractivity contribution < 1.29 is 22.3 Å². The number of halogens is 3. The summed E-state index contributed by atoms with van der Waals surface area (Å²) < 4.78 is 45.5. The number of nitrogens with zero attached hydrogens (tertiary/aromatic N) is 1. The van der Waals surface area contributed by atoms with Crippen LogP contribution in [0.15, 0.2) is 10.7 Å². The van der Waals surface area contributed by atoms with Crippen LogP contribution in [-0.2, 0) is 6.54 Å². The second-order valence-corrected chi connectivity index (χ2v) is 3.85. The van der Waals surface area contributed by atoms with E-state index >= 15 is 0 Å². The largest absolute Gasteiger partial charge is 0.450 e. The van der Waals surface area contributed by atoms with Crippen LogP contribution in [0.3, 0.4) is 0 Å². The third-order valence-electron chi connectivity index (χ3n) is 2.09. The maximum absolute atomic E-state index is 11.9. The maximum Gasteiger partial charge on any atom is 0.393 e. The Kier molecular flexibility index (Phi) is 5.97. The average Bonchev–Trinajstić information content (AvgIpc) is 2.72.